The zero-order valence-corrected chi connectivity index (χ0v) is 34.2. The number of carbonyl (C=O) groups is 3. The van der Waals surface area contributed by atoms with Crippen LogP contribution < -0.4 is 5.32 Å². The van der Waals surface area contributed by atoms with Gasteiger partial charge in [-0.15, -0.1) is 0 Å². The van der Waals surface area contributed by atoms with E-state index in [0.29, 0.717) is 0 Å². The molecule has 3 aromatic carbocycles. The number of alkyl carbamates (subject to hydrolysis) is 1. The highest BCUT2D eigenvalue weighted by Gasteiger charge is 2.40. The SMILES string of the molecule is CCCCCCCCN(CCCCCCCC)CC1CC(c2ccc(CO)cc2)OC(c2ccc(CN3C(=O)CC(NC(=O)OCc4ccccc4)C3=O)cc2)O1. The van der Waals surface area contributed by atoms with Gasteiger partial charge in [-0.05, 0) is 48.2 Å². The normalized spacial score (nSPS) is 19.7. The van der Waals surface area contributed by atoms with E-state index < -0.39 is 24.3 Å². The summed E-state index contributed by atoms with van der Waals surface area (Å²) in [5.74, 6) is -0.801. The molecule has 2 fully saturated rings. The number of imide groups is 1. The number of nitrogens with zero attached hydrogens (tertiary/aromatic N) is 2. The lowest BCUT2D eigenvalue weighted by Gasteiger charge is -2.38. The molecule has 5 rings (SSSR count). The van der Waals surface area contributed by atoms with E-state index in [1.54, 1.807) is 0 Å². The average Bonchev–Trinajstić information content (AvgIpc) is 3.49. The van der Waals surface area contributed by atoms with Crippen molar-refractivity contribution in [2.24, 2.45) is 0 Å². The van der Waals surface area contributed by atoms with Crippen molar-refractivity contribution >= 4 is 17.9 Å². The molecule has 0 saturated carbocycles. The van der Waals surface area contributed by atoms with Gasteiger partial charge in [0.15, 0.2) is 6.29 Å². The fourth-order valence-corrected chi connectivity index (χ4v) is 7.68. The number of nitrogens with one attached hydrogen (secondary N) is 1. The predicted molar refractivity (Wildman–Crippen MR) is 222 cm³/mol. The number of unbranched alkanes of at least 4 members (excludes halogenated alkanes) is 10. The smallest absolute Gasteiger partial charge is 0.408 e. The van der Waals surface area contributed by atoms with E-state index >= 15 is 0 Å². The van der Waals surface area contributed by atoms with Crippen LogP contribution >= 0.6 is 0 Å². The Balaban J connectivity index is 1.22. The van der Waals surface area contributed by atoms with E-state index in [-0.39, 0.29) is 44.3 Å². The Labute approximate surface area is 340 Å². The van der Waals surface area contributed by atoms with Crippen LogP contribution in [0.15, 0.2) is 78.9 Å². The molecule has 10 nitrogen and oxygen atoms in total. The lowest BCUT2D eigenvalue weighted by molar-refractivity contribution is -0.253. The maximum Gasteiger partial charge on any atom is 0.408 e. The number of amides is 3. The molecule has 310 valence electrons. The van der Waals surface area contributed by atoms with Crippen LogP contribution in [0.25, 0.3) is 0 Å². The van der Waals surface area contributed by atoms with E-state index in [0.717, 1.165) is 53.9 Å². The fourth-order valence-electron chi connectivity index (χ4n) is 7.68. The summed E-state index contributed by atoms with van der Waals surface area (Å²) in [6.07, 6.45) is 14.2. The first-order chi connectivity index (χ1) is 27.9. The molecule has 0 bridgehead atoms. The van der Waals surface area contributed by atoms with Crippen LogP contribution in [0, 0.1) is 0 Å². The van der Waals surface area contributed by atoms with Crippen LogP contribution in [-0.2, 0) is 43.6 Å². The minimum Gasteiger partial charge on any atom is -0.445 e. The second kappa shape index (κ2) is 24.0. The van der Waals surface area contributed by atoms with Crippen LogP contribution in [0.3, 0.4) is 0 Å². The lowest BCUT2D eigenvalue weighted by atomic mass is 9.99. The molecule has 0 radical (unpaired) electrons. The molecule has 2 heterocycles. The number of aliphatic hydroxyl groups is 1. The largest absolute Gasteiger partial charge is 0.445 e. The third-order valence-corrected chi connectivity index (χ3v) is 11.1. The van der Waals surface area contributed by atoms with Gasteiger partial charge in [-0.1, -0.05) is 157 Å². The van der Waals surface area contributed by atoms with E-state index in [1.807, 2.05) is 78.9 Å². The van der Waals surface area contributed by atoms with Gasteiger partial charge < -0.3 is 29.5 Å². The molecule has 4 atom stereocenters. The Morgan fingerprint density at radius 3 is 1.98 bits per heavy atom. The molecule has 2 aliphatic heterocycles. The standard InChI is InChI=1S/C47H65N3O7/c1-3-5-7-9-11-16-28-49(29-17-12-10-8-6-4-2)33-41-30-43(39-24-22-37(34-51)23-25-39)57-46(56-41)40-26-20-36(21-27-40)32-50-44(52)31-42(45(50)53)48-47(54)55-35-38-18-14-13-15-19-38/h13-15,18-27,41-43,46,51H,3-12,16-17,28-35H2,1-2H3,(H,48,54). The number of hydrogen-bond donors (Lipinski definition) is 2. The Hall–Kier alpha value is -4.09. The van der Waals surface area contributed by atoms with Crippen molar-refractivity contribution < 1.29 is 33.7 Å². The van der Waals surface area contributed by atoms with Gasteiger partial charge in [0.1, 0.15) is 12.6 Å². The number of hydrogen-bond acceptors (Lipinski definition) is 8. The van der Waals surface area contributed by atoms with Crippen LogP contribution in [0.5, 0.6) is 0 Å². The summed E-state index contributed by atoms with van der Waals surface area (Å²) in [5.41, 5.74) is 4.38. The second-order valence-corrected chi connectivity index (χ2v) is 15.7. The van der Waals surface area contributed by atoms with Gasteiger partial charge in [0, 0.05) is 18.5 Å². The molecule has 0 aliphatic carbocycles. The molecule has 3 aromatic rings. The maximum absolute atomic E-state index is 13.2. The first-order valence-electron chi connectivity index (χ1n) is 21.5. The molecule has 2 saturated heterocycles. The summed E-state index contributed by atoms with van der Waals surface area (Å²) in [6.45, 7) is 7.64. The van der Waals surface area contributed by atoms with Crippen LogP contribution in [0.4, 0.5) is 4.79 Å². The average molecular weight is 784 g/mol. The van der Waals surface area contributed by atoms with Gasteiger partial charge >= 0.3 is 6.09 Å². The van der Waals surface area contributed by atoms with Crippen molar-refractivity contribution in [3.8, 4) is 0 Å². The van der Waals surface area contributed by atoms with Gasteiger partial charge in [0.2, 0.25) is 5.91 Å². The van der Waals surface area contributed by atoms with Crippen LogP contribution in [0.2, 0.25) is 0 Å². The summed E-state index contributed by atoms with van der Waals surface area (Å²) >= 11 is 0. The van der Waals surface area contributed by atoms with Crippen LogP contribution in [0.1, 0.15) is 144 Å². The van der Waals surface area contributed by atoms with E-state index in [9.17, 15) is 19.5 Å². The third-order valence-electron chi connectivity index (χ3n) is 11.1. The summed E-state index contributed by atoms with van der Waals surface area (Å²) in [7, 11) is 0. The van der Waals surface area contributed by atoms with E-state index in [2.05, 4.69) is 24.1 Å². The van der Waals surface area contributed by atoms with E-state index in [1.165, 1.54) is 81.9 Å². The Morgan fingerprint density at radius 1 is 0.754 bits per heavy atom. The van der Waals surface area contributed by atoms with Crippen molar-refractivity contribution in [3.05, 3.63) is 107 Å². The quantitative estimate of drug-likeness (QED) is 0.0682. The van der Waals surface area contributed by atoms with Crippen molar-refractivity contribution in [3.63, 3.8) is 0 Å². The Bertz CT molecular complexity index is 1620. The topological polar surface area (TPSA) is 118 Å². The summed E-state index contributed by atoms with van der Waals surface area (Å²) in [4.78, 5) is 42.3. The van der Waals surface area contributed by atoms with Crippen molar-refractivity contribution in [2.45, 2.75) is 148 Å². The Morgan fingerprint density at radius 2 is 1.35 bits per heavy atom. The fraction of sp³-hybridized carbons (Fsp3) is 0.553. The van der Waals surface area contributed by atoms with Gasteiger partial charge in [-0.25, -0.2) is 4.79 Å². The Kier molecular flexibility index (Phi) is 18.5. The third kappa shape index (κ3) is 14.4. The highest BCUT2D eigenvalue weighted by atomic mass is 16.7. The summed E-state index contributed by atoms with van der Waals surface area (Å²) in [5, 5.41) is 12.2. The second-order valence-electron chi connectivity index (χ2n) is 15.7. The number of aliphatic hydroxyl groups excluding tert-OH is 1. The van der Waals surface area contributed by atoms with Crippen molar-refractivity contribution in [1.82, 2.24) is 15.1 Å². The first kappa shape index (κ1) is 44.0. The summed E-state index contributed by atoms with van der Waals surface area (Å²) < 4.78 is 18.7. The van der Waals surface area contributed by atoms with Crippen molar-refractivity contribution in [1.29, 1.82) is 0 Å². The minimum atomic E-state index is -0.967. The highest BCUT2D eigenvalue weighted by Crippen LogP contribution is 2.38. The van der Waals surface area contributed by atoms with Gasteiger partial charge in [-0.2, -0.15) is 0 Å². The zero-order valence-electron chi connectivity index (χ0n) is 34.2. The molecule has 57 heavy (non-hydrogen) atoms. The van der Waals surface area contributed by atoms with Gasteiger partial charge in [0.25, 0.3) is 5.91 Å². The number of ether oxygens (including phenoxy) is 3. The van der Waals surface area contributed by atoms with E-state index in [4.69, 9.17) is 14.2 Å². The number of benzene rings is 3. The minimum absolute atomic E-state index is 0.00848. The van der Waals surface area contributed by atoms with Crippen LogP contribution in [-0.4, -0.2) is 64.6 Å². The predicted octanol–water partition coefficient (Wildman–Crippen LogP) is 9.30. The molecule has 0 aromatic heterocycles. The molecular formula is C47H65N3O7. The molecule has 0 spiro atoms. The molecule has 2 aliphatic rings. The molecule has 4 unspecified atom stereocenters. The molecule has 10 heteroatoms. The first-order valence-corrected chi connectivity index (χ1v) is 21.5. The highest BCUT2D eigenvalue weighted by molar-refractivity contribution is 6.06. The van der Waals surface area contributed by atoms with Gasteiger partial charge in [0.05, 0.1) is 31.8 Å². The molecule has 3 amide bonds. The maximum atomic E-state index is 13.2. The molecule has 2 N–H and O–H groups in total. The number of carbonyl (C=O) groups excluding carboxylic acids is 3. The van der Waals surface area contributed by atoms with Crippen molar-refractivity contribution in [2.75, 3.05) is 19.6 Å². The number of likely N-dealkylation sites (tertiary alicyclic amines) is 1. The number of rotatable bonds is 24. The molecular weight excluding hydrogens is 719 g/mol. The van der Waals surface area contributed by atoms with Gasteiger partial charge in [-0.3, -0.25) is 14.5 Å². The zero-order chi connectivity index (χ0) is 40.2. The summed E-state index contributed by atoms with van der Waals surface area (Å²) in [6, 6.07) is 24.0. The lowest BCUT2D eigenvalue weighted by Crippen LogP contribution is -2.41. The monoisotopic (exact) mass is 783 g/mol.